The quantitative estimate of drug-likeness (QED) is 0.604. The van der Waals surface area contributed by atoms with Crippen molar-refractivity contribution < 1.29 is 9.72 Å². The molecule has 0 aliphatic carbocycles. The molecule has 0 spiro atoms. The smallest absolute Gasteiger partial charge is 0.270 e. The van der Waals surface area contributed by atoms with Crippen LogP contribution in [0.15, 0.2) is 47.5 Å². The lowest BCUT2D eigenvalue weighted by atomic mass is 10.1. The first kappa shape index (κ1) is 18.1. The van der Waals surface area contributed by atoms with Gasteiger partial charge >= 0.3 is 0 Å². The summed E-state index contributed by atoms with van der Waals surface area (Å²) in [6.45, 7) is 5.17. The third-order valence-electron chi connectivity index (χ3n) is 4.21. The minimum Gasteiger partial charge on any atom is -0.286 e. The monoisotopic (exact) mass is 369 g/mol. The minimum absolute atomic E-state index is 0.0865. The SMILES string of the molecule is Cc1ccc(C)c(CSC2=NCCN2C(=O)c2cccc([N+](=O)[O-])c2)c1. The van der Waals surface area contributed by atoms with Crippen molar-refractivity contribution in [2.45, 2.75) is 19.6 Å². The molecule has 0 atom stereocenters. The summed E-state index contributed by atoms with van der Waals surface area (Å²) in [4.78, 5) is 29.3. The molecular weight excluding hydrogens is 350 g/mol. The van der Waals surface area contributed by atoms with E-state index in [0.717, 1.165) is 5.75 Å². The molecule has 0 saturated carbocycles. The third kappa shape index (κ3) is 3.94. The molecule has 134 valence electrons. The first-order chi connectivity index (χ1) is 12.5. The Hall–Kier alpha value is -2.67. The standard InChI is InChI=1S/C19H19N3O3S/c1-13-6-7-14(2)16(10-13)12-26-19-20-8-9-21(19)18(23)15-4-3-5-17(11-15)22(24)25/h3-7,10-11H,8-9,12H2,1-2H3. The lowest BCUT2D eigenvalue weighted by molar-refractivity contribution is -0.384. The van der Waals surface area contributed by atoms with Crippen molar-refractivity contribution in [2.24, 2.45) is 4.99 Å². The molecule has 1 aliphatic heterocycles. The van der Waals surface area contributed by atoms with Crippen LogP contribution in [-0.2, 0) is 5.75 Å². The maximum absolute atomic E-state index is 12.8. The summed E-state index contributed by atoms with van der Waals surface area (Å²) in [7, 11) is 0. The van der Waals surface area contributed by atoms with E-state index in [2.05, 4.69) is 37.0 Å². The number of benzene rings is 2. The first-order valence-electron chi connectivity index (χ1n) is 8.25. The number of hydrogen-bond acceptors (Lipinski definition) is 5. The van der Waals surface area contributed by atoms with Crippen molar-refractivity contribution in [3.63, 3.8) is 0 Å². The number of aryl methyl sites for hydroxylation is 2. The van der Waals surface area contributed by atoms with E-state index in [4.69, 9.17) is 0 Å². The number of nitro benzene ring substituents is 1. The molecule has 1 heterocycles. The number of nitrogens with zero attached hydrogens (tertiary/aromatic N) is 3. The number of carbonyl (C=O) groups is 1. The number of carbonyl (C=O) groups excluding carboxylic acids is 1. The van der Waals surface area contributed by atoms with Gasteiger partial charge < -0.3 is 0 Å². The Morgan fingerprint density at radius 1 is 1.27 bits per heavy atom. The van der Waals surface area contributed by atoms with Crippen LogP contribution in [0.4, 0.5) is 5.69 Å². The van der Waals surface area contributed by atoms with Gasteiger partial charge in [0.15, 0.2) is 5.17 Å². The second-order valence-corrected chi connectivity index (χ2v) is 7.09. The molecule has 26 heavy (non-hydrogen) atoms. The van der Waals surface area contributed by atoms with Crippen LogP contribution in [-0.4, -0.2) is 34.0 Å². The van der Waals surface area contributed by atoms with Gasteiger partial charge in [0.2, 0.25) is 0 Å². The van der Waals surface area contributed by atoms with Crippen LogP contribution in [0.3, 0.4) is 0 Å². The van der Waals surface area contributed by atoms with E-state index in [1.165, 1.54) is 46.7 Å². The van der Waals surface area contributed by atoms with Gasteiger partial charge in [0, 0.05) is 30.0 Å². The number of amidine groups is 1. The Kier molecular flexibility index (Phi) is 5.37. The van der Waals surface area contributed by atoms with Crippen LogP contribution < -0.4 is 0 Å². The highest BCUT2D eigenvalue weighted by atomic mass is 32.2. The Morgan fingerprint density at radius 3 is 2.85 bits per heavy atom. The molecule has 0 saturated heterocycles. The first-order valence-corrected chi connectivity index (χ1v) is 9.24. The van der Waals surface area contributed by atoms with E-state index >= 15 is 0 Å². The van der Waals surface area contributed by atoms with E-state index in [9.17, 15) is 14.9 Å². The van der Waals surface area contributed by atoms with Gasteiger partial charge in [-0.1, -0.05) is 41.6 Å². The third-order valence-corrected chi connectivity index (χ3v) is 5.28. The maximum atomic E-state index is 12.8. The van der Waals surface area contributed by atoms with Crippen LogP contribution in [0.1, 0.15) is 27.0 Å². The van der Waals surface area contributed by atoms with E-state index in [1.807, 2.05) is 0 Å². The Labute approximate surface area is 156 Å². The zero-order valence-corrected chi connectivity index (χ0v) is 15.5. The normalized spacial score (nSPS) is 13.6. The van der Waals surface area contributed by atoms with Gasteiger partial charge in [-0.15, -0.1) is 0 Å². The summed E-state index contributed by atoms with van der Waals surface area (Å²) >= 11 is 1.52. The van der Waals surface area contributed by atoms with Gasteiger partial charge in [-0.2, -0.15) is 0 Å². The number of non-ortho nitro benzene ring substituents is 1. The van der Waals surface area contributed by atoms with Crippen LogP contribution >= 0.6 is 11.8 Å². The number of nitro groups is 1. The summed E-state index contributed by atoms with van der Waals surface area (Å²) in [5.41, 5.74) is 3.84. The lowest BCUT2D eigenvalue weighted by Crippen LogP contribution is -2.32. The van der Waals surface area contributed by atoms with Gasteiger partial charge in [-0.05, 0) is 31.0 Å². The Balaban J connectivity index is 1.73. The molecule has 0 N–H and O–H groups in total. The van der Waals surface area contributed by atoms with Gasteiger partial charge in [-0.3, -0.25) is 24.8 Å². The summed E-state index contributed by atoms with van der Waals surface area (Å²) in [5.74, 6) is 0.476. The van der Waals surface area contributed by atoms with Crippen LogP contribution in [0, 0.1) is 24.0 Å². The zero-order valence-electron chi connectivity index (χ0n) is 14.6. The van der Waals surface area contributed by atoms with E-state index in [1.54, 1.807) is 11.0 Å². The topological polar surface area (TPSA) is 75.8 Å². The number of aliphatic imine (C=N–C) groups is 1. The predicted octanol–water partition coefficient (Wildman–Crippen LogP) is 3.96. The predicted molar refractivity (Wildman–Crippen MR) is 104 cm³/mol. The molecule has 1 aliphatic rings. The van der Waals surface area contributed by atoms with E-state index in [-0.39, 0.29) is 11.6 Å². The van der Waals surface area contributed by atoms with Gasteiger partial charge in [0.1, 0.15) is 0 Å². The highest BCUT2D eigenvalue weighted by Gasteiger charge is 2.26. The molecule has 0 radical (unpaired) electrons. The molecule has 0 bridgehead atoms. The van der Waals surface area contributed by atoms with Crippen molar-refractivity contribution in [1.29, 1.82) is 0 Å². The summed E-state index contributed by atoms with van der Waals surface area (Å²) in [6.07, 6.45) is 0. The molecule has 2 aromatic rings. The largest absolute Gasteiger partial charge is 0.286 e. The van der Waals surface area contributed by atoms with Gasteiger partial charge in [0.05, 0.1) is 11.5 Å². The number of rotatable bonds is 4. The molecule has 0 aromatic heterocycles. The average molecular weight is 369 g/mol. The lowest BCUT2D eigenvalue weighted by Gasteiger charge is -2.18. The Bertz CT molecular complexity index is 895. The van der Waals surface area contributed by atoms with Gasteiger partial charge in [-0.25, -0.2) is 0 Å². The second-order valence-electron chi connectivity index (χ2n) is 6.15. The number of hydrogen-bond donors (Lipinski definition) is 0. The molecule has 6 nitrogen and oxygen atoms in total. The summed E-state index contributed by atoms with van der Waals surface area (Å²) in [6, 6.07) is 12.1. The maximum Gasteiger partial charge on any atom is 0.270 e. The minimum atomic E-state index is -0.495. The molecular formula is C19H19N3O3S. The van der Waals surface area contributed by atoms with Gasteiger partial charge in [0.25, 0.3) is 11.6 Å². The fourth-order valence-corrected chi connectivity index (χ4v) is 3.85. The van der Waals surface area contributed by atoms with Crippen molar-refractivity contribution in [3.8, 4) is 0 Å². The molecule has 0 unspecified atom stereocenters. The van der Waals surface area contributed by atoms with Crippen molar-refractivity contribution in [1.82, 2.24) is 4.90 Å². The van der Waals surface area contributed by atoms with Crippen molar-refractivity contribution >= 4 is 28.5 Å². The number of amides is 1. The fraction of sp³-hybridized carbons (Fsp3) is 0.263. The highest BCUT2D eigenvalue weighted by molar-refractivity contribution is 8.13. The second kappa shape index (κ2) is 7.70. The van der Waals surface area contributed by atoms with E-state index < -0.39 is 4.92 Å². The zero-order chi connectivity index (χ0) is 18.7. The fourth-order valence-electron chi connectivity index (χ4n) is 2.75. The van der Waals surface area contributed by atoms with E-state index in [0.29, 0.717) is 23.8 Å². The van der Waals surface area contributed by atoms with Crippen molar-refractivity contribution in [3.05, 3.63) is 74.8 Å². The molecule has 2 aromatic carbocycles. The average Bonchev–Trinajstić information content (AvgIpc) is 3.10. The van der Waals surface area contributed by atoms with Crippen LogP contribution in [0.5, 0.6) is 0 Å². The van der Waals surface area contributed by atoms with Crippen molar-refractivity contribution in [2.75, 3.05) is 13.1 Å². The van der Waals surface area contributed by atoms with Crippen LogP contribution in [0.2, 0.25) is 0 Å². The molecule has 1 amide bonds. The number of thioether (sulfide) groups is 1. The molecule has 0 fully saturated rings. The summed E-state index contributed by atoms with van der Waals surface area (Å²) in [5, 5.41) is 11.6. The molecule has 7 heteroatoms. The molecule has 3 rings (SSSR count). The Morgan fingerprint density at radius 2 is 2.08 bits per heavy atom. The van der Waals surface area contributed by atoms with Crippen LogP contribution in [0.25, 0.3) is 0 Å². The highest BCUT2D eigenvalue weighted by Crippen LogP contribution is 2.24. The summed E-state index contributed by atoms with van der Waals surface area (Å²) < 4.78 is 0.